The molecule has 0 fully saturated rings. The number of para-hydroxylation sites is 4. The van der Waals surface area contributed by atoms with Gasteiger partial charge in [0, 0.05) is 17.7 Å². The second-order valence-corrected chi connectivity index (χ2v) is 10.9. The summed E-state index contributed by atoms with van der Waals surface area (Å²) in [5.74, 6) is 2.79. The summed E-state index contributed by atoms with van der Waals surface area (Å²) in [4.78, 5) is 10.1. The van der Waals surface area contributed by atoms with E-state index < -0.39 is 0 Å². The van der Waals surface area contributed by atoms with Crippen LogP contribution in [0.3, 0.4) is 0 Å². The van der Waals surface area contributed by atoms with Crippen molar-refractivity contribution < 1.29 is 4.74 Å². The number of hydrogen-bond acceptors (Lipinski definition) is 3. The highest BCUT2D eigenvalue weighted by atomic mass is 16.5. The Labute approximate surface area is 252 Å². The summed E-state index contributed by atoms with van der Waals surface area (Å²) in [6, 6.07) is 46.2. The molecule has 0 amide bonds. The maximum atomic E-state index is 6.48. The number of imidazole rings is 2. The van der Waals surface area contributed by atoms with E-state index in [1.807, 2.05) is 12.1 Å². The van der Waals surface area contributed by atoms with Crippen LogP contribution in [0.4, 0.5) is 0 Å². The Kier molecular flexibility index (Phi) is 7.45. The van der Waals surface area contributed by atoms with Crippen molar-refractivity contribution in [3.05, 3.63) is 139 Å². The molecule has 5 aromatic carbocycles. The van der Waals surface area contributed by atoms with Crippen molar-refractivity contribution in [1.29, 1.82) is 0 Å². The average Bonchev–Trinajstić information content (AvgIpc) is 3.63. The summed E-state index contributed by atoms with van der Waals surface area (Å²) in [7, 11) is 0. The predicted octanol–water partition coefficient (Wildman–Crippen LogP) is 9.19. The molecule has 5 heteroatoms. The Morgan fingerprint density at radius 1 is 0.605 bits per heavy atom. The van der Waals surface area contributed by atoms with Gasteiger partial charge in [-0.25, -0.2) is 9.97 Å². The van der Waals surface area contributed by atoms with E-state index in [4.69, 9.17) is 14.7 Å². The van der Waals surface area contributed by atoms with Crippen LogP contribution in [-0.2, 0) is 6.54 Å². The highest BCUT2D eigenvalue weighted by Gasteiger charge is 2.21. The quantitative estimate of drug-likeness (QED) is 0.167. The molecule has 7 rings (SSSR count). The number of rotatable bonds is 10. The third-order valence-electron chi connectivity index (χ3n) is 8.01. The highest BCUT2D eigenvalue weighted by molar-refractivity contribution is 5.82. The largest absolute Gasteiger partial charge is 0.491 e. The lowest BCUT2D eigenvalue weighted by molar-refractivity contribution is 0.244. The molecule has 1 atom stereocenters. The predicted molar refractivity (Wildman–Crippen MR) is 175 cm³/mol. The van der Waals surface area contributed by atoms with Gasteiger partial charge in [0.1, 0.15) is 24.0 Å². The SMILES string of the molecule is CCC[C@H](COc1ccc(-c2nc3ccccc3n2Cc2ccccc2)cc1)n1c(-c2ccccc2)nc2ccccc21. The van der Waals surface area contributed by atoms with Crippen LogP contribution in [0, 0.1) is 0 Å². The highest BCUT2D eigenvalue weighted by Crippen LogP contribution is 2.32. The molecule has 0 saturated heterocycles. The Morgan fingerprint density at radius 3 is 1.91 bits per heavy atom. The number of fused-ring (bicyclic) bond motifs is 2. The fourth-order valence-corrected chi connectivity index (χ4v) is 5.94. The number of ether oxygens (including phenoxy) is 1. The molecule has 2 aromatic heterocycles. The van der Waals surface area contributed by atoms with Crippen molar-refractivity contribution in [2.45, 2.75) is 32.4 Å². The van der Waals surface area contributed by atoms with E-state index in [1.165, 1.54) is 5.56 Å². The summed E-state index contributed by atoms with van der Waals surface area (Å²) in [5, 5.41) is 0. The van der Waals surface area contributed by atoms with Gasteiger partial charge < -0.3 is 13.9 Å². The summed E-state index contributed by atoms with van der Waals surface area (Å²) in [6.07, 6.45) is 2.03. The Hall–Kier alpha value is -5.16. The van der Waals surface area contributed by atoms with Gasteiger partial charge in [-0.1, -0.05) is 98.3 Å². The topological polar surface area (TPSA) is 44.9 Å². The Morgan fingerprint density at radius 2 is 1.19 bits per heavy atom. The summed E-state index contributed by atoms with van der Waals surface area (Å²) in [5.41, 5.74) is 7.69. The second-order valence-electron chi connectivity index (χ2n) is 10.9. The molecule has 0 radical (unpaired) electrons. The molecule has 43 heavy (non-hydrogen) atoms. The molecular formula is C38H34N4O. The monoisotopic (exact) mass is 562 g/mol. The first-order valence-corrected chi connectivity index (χ1v) is 15.0. The van der Waals surface area contributed by atoms with E-state index in [0.29, 0.717) is 6.61 Å². The van der Waals surface area contributed by atoms with E-state index in [0.717, 1.165) is 70.0 Å². The van der Waals surface area contributed by atoms with Gasteiger partial charge in [-0.3, -0.25) is 0 Å². The van der Waals surface area contributed by atoms with E-state index in [2.05, 4.69) is 137 Å². The maximum Gasteiger partial charge on any atom is 0.141 e. The van der Waals surface area contributed by atoms with Gasteiger partial charge in [0.25, 0.3) is 0 Å². The van der Waals surface area contributed by atoms with Gasteiger partial charge in [0.2, 0.25) is 0 Å². The van der Waals surface area contributed by atoms with Gasteiger partial charge >= 0.3 is 0 Å². The zero-order valence-corrected chi connectivity index (χ0v) is 24.3. The molecule has 212 valence electrons. The van der Waals surface area contributed by atoms with Crippen molar-refractivity contribution in [3.8, 4) is 28.5 Å². The van der Waals surface area contributed by atoms with E-state index in [-0.39, 0.29) is 6.04 Å². The van der Waals surface area contributed by atoms with E-state index in [1.54, 1.807) is 0 Å². The van der Waals surface area contributed by atoms with Crippen molar-refractivity contribution in [2.24, 2.45) is 0 Å². The second kappa shape index (κ2) is 12.0. The number of benzene rings is 5. The molecule has 0 saturated carbocycles. The van der Waals surface area contributed by atoms with Crippen LogP contribution in [0.5, 0.6) is 5.75 Å². The minimum absolute atomic E-state index is 0.141. The van der Waals surface area contributed by atoms with Crippen molar-refractivity contribution in [1.82, 2.24) is 19.1 Å². The molecule has 2 heterocycles. The minimum Gasteiger partial charge on any atom is -0.491 e. The summed E-state index contributed by atoms with van der Waals surface area (Å²) >= 11 is 0. The molecule has 0 unspecified atom stereocenters. The number of aromatic nitrogens is 4. The Balaban J connectivity index is 1.17. The van der Waals surface area contributed by atoms with Crippen molar-refractivity contribution in [2.75, 3.05) is 6.61 Å². The van der Waals surface area contributed by atoms with E-state index >= 15 is 0 Å². The smallest absolute Gasteiger partial charge is 0.141 e. The van der Waals surface area contributed by atoms with Gasteiger partial charge in [-0.05, 0) is 60.5 Å². The number of hydrogen-bond donors (Lipinski definition) is 0. The van der Waals surface area contributed by atoms with Crippen LogP contribution in [0.25, 0.3) is 44.8 Å². The first kappa shape index (κ1) is 26.7. The first-order chi connectivity index (χ1) is 21.3. The molecule has 5 nitrogen and oxygen atoms in total. The van der Waals surface area contributed by atoms with Gasteiger partial charge in [-0.2, -0.15) is 0 Å². The number of nitrogens with zero attached hydrogens (tertiary/aromatic N) is 4. The maximum absolute atomic E-state index is 6.48. The van der Waals surface area contributed by atoms with Crippen molar-refractivity contribution >= 4 is 22.1 Å². The zero-order valence-electron chi connectivity index (χ0n) is 24.3. The normalized spacial score (nSPS) is 12.1. The Bertz CT molecular complexity index is 1960. The summed E-state index contributed by atoms with van der Waals surface area (Å²) in [6.45, 7) is 3.54. The van der Waals surface area contributed by atoms with Crippen LogP contribution < -0.4 is 4.74 Å². The lowest BCUT2D eigenvalue weighted by Crippen LogP contribution is -2.18. The van der Waals surface area contributed by atoms with Crippen LogP contribution in [0.1, 0.15) is 31.4 Å². The minimum atomic E-state index is 0.141. The lowest BCUT2D eigenvalue weighted by atomic mass is 10.1. The van der Waals surface area contributed by atoms with Crippen LogP contribution in [0.15, 0.2) is 133 Å². The summed E-state index contributed by atoms with van der Waals surface area (Å²) < 4.78 is 11.2. The molecule has 0 aliphatic heterocycles. The van der Waals surface area contributed by atoms with Crippen LogP contribution in [0.2, 0.25) is 0 Å². The molecule has 0 aliphatic carbocycles. The standard InChI is InChI=1S/C38H34N4O/c1-2-13-31(42-36-21-12-10-19-34(36)40-38(42)29-16-7-4-8-17-29)27-43-32-24-22-30(23-25-32)37-39-33-18-9-11-20-35(33)41(37)26-28-14-5-3-6-15-28/h3-12,14-25,31H,2,13,26-27H2,1H3/t31-/m1/s1. The molecule has 7 aromatic rings. The fraction of sp³-hybridized carbons (Fsp3) is 0.158. The van der Waals surface area contributed by atoms with Gasteiger partial charge in [0.15, 0.2) is 0 Å². The third kappa shape index (κ3) is 5.42. The van der Waals surface area contributed by atoms with Gasteiger partial charge in [0.05, 0.1) is 28.1 Å². The molecule has 0 bridgehead atoms. The van der Waals surface area contributed by atoms with Crippen LogP contribution in [-0.4, -0.2) is 25.7 Å². The zero-order chi connectivity index (χ0) is 29.0. The average molecular weight is 563 g/mol. The van der Waals surface area contributed by atoms with E-state index in [9.17, 15) is 0 Å². The molecule has 0 N–H and O–H groups in total. The third-order valence-corrected chi connectivity index (χ3v) is 8.01. The fourth-order valence-electron chi connectivity index (χ4n) is 5.94. The molecule has 0 aliphatic rings. The lowest BCUT2D eigenvalue weighted by Gasteiger charge is -2.22. The van der Waals surface area contributed by atoms with Crippen molar-refractivity contribution in [3.63, 3.8) is 0 Å². The first-order valence-electron chi connectivity index (χ1n) is 15.0. The van der Waals surface area contributed by atoms with Gasteiger partial charge in [-0.15, -0.1) is 0 Å². The van der Waals surface area contributed by atoms with Crippen LogP contribution >= 0.6 is 0 Å². The molecular weight excluding hydrogens is 528 g/mol. The molecule has 0 spiro atoms.